The quantitative estimate of drug-likeness (QED) is 0.840. The number of nitrogens with zero attached hydrogens (tertiary/aromatic N) is 2. The van der Waals surface area contributed by atoms with Gasteiger partial charge in [0.05, 0.1) is 11.1 Å². The molecule has 6 nitrogen and oxygen atoms in total. The van der Waals surface area contributed by atoms with Crippen LogP contribution in [0.3, 0.4) is 0 Å². The van der Waals surface area contributed by atoms with Crippen LogP contribution >= 0.6 is 24.0 Å². The third-order valence-electron chi connectivity index (χ3n) is 4.36. The number of rotatable bonds is 3. The maximum atomic E-state index is 12.7. The summed E-state index contributed by atoms with van der Waals surface area (Å²) in [6.45, 7) is 2.30. The molecule has 1 unspecified atom stereocenters. The van der Waals surface area contributed by atoms with Crippen molar-refractivity contribution in [2.75, 3.05) is 32.7 Å². The molecule has 3 rings (SSSR count). The van der Waals surface area contributed by atoms with E-state index in [1.165, 1.54) is 10.4 Å². The van der Waals surface area contributed by atoms with E-state index in [2.05, 4.69) is 5.32 Å². The fraction of sp³-hybridized carbons (Fsp3) is 0.533. The van der Waals surface area contributed by atoms with Crippen LogP contribution in [-0.4, -0.2) is 62.3 Å². The van der Waals surface area contributed by atoms with Crippen molar-refractivity contribution in [3.05, 3.63) is 29.3 Å². The molecule has 2 aliphatic rings. The number of sulfonamides is 1. The van der Waals surface area contributed by atoms with Gasteiger partial charge in [-0.1, -0.05) is 23.7 Å². The molecule has 0 spiro atoms. The molecule has 2 heterocycles. The van der Waals surface area contributed by atoms with Crippen molar-refractivity contribution in [2.45, 2.75) is 23.8 Å². The van der Waals surface area contributed by atoms with Gasteiger partial charge in [0.15, 0.2) is 0 Å². The fourth-order valence-corrected chi connectivity index (χ4v) is 4.97. The summed E-state index contributed by atoms with van der Waals surface area (Å²) >= 11 is 6.01. The van der Waals surface area contributed by atoms with E-state index in [1.54, 1.807) is 23.1 Å². The first-order valence-corrected chi connectivity index (χ1v) is 9.59. The van der Waals surface area contributed by atoms with Crippen LogP contribution in [0, 0.1) is 0 Å². The van der Waals surface area contributed by atoms with Crippen LogP contribution < -0.4 is 5.32 Å². The van der Waals surface area contributed by atoms with Gasteiger partial charge < -0.3 is 10.2 Å². The van der Waals surface area contributed by atoms with Gasteiger partial charge in [-0.3, -0.25) is 4.79 Å². The maximum Gasteiger partial charge on any atom is 0.244 e. The molecular weight excluding hydrogens is 373 g/mol. The van der Waals surface area contributed by atoms with Gasteiger partial charge in [0, 0.05) is 26.2 Å². The summed E-state index contributed by atoms with van der Waals surface area (Å²) in [6, 6.07) is 6.33. The van der Waals surface area contributed by atoms with E-state index in [0.29, 0.717) is 26.2 Å². The van der Waals surface area contributed by atoms with Gasteiger partial charge in [-0.2, -0.15) is 4.31 Å². The minimum Gasteiger partial charge on any atom is -0.339 e. The number of amides is 1. The molecular formula is C15H21Cl2N3O3S. The van der Waals surface area contributed by atoms with Gasteiger partial charge in [-0.15, -0.1) is 12.4 Å². The van der Waals surface area contributed by atoms with E-state index in [1.807, 2.05) is 0 Å². The lowest BCUT2D eigenvalue weighted by Gasteiger charge is -2.35. The first-order chi connectivity index (χ1) is 11.0. The molecule has 2 aliphatic heterocycles. The number of benzene rings is 1. The van der Waals surface area contributed by atoms with Gasteiger partial charge in [-0.25, -0.2) is 8.42 Å². The van der Waals surface area contributed by atoms with E-state index < -0.39 is 10.0 Å². The molecule has 9 heteroatoms. The van der Waals surface area contributed by atoms with E-state index in [9.17, 15) is 13.2 Å². The molecule has 0 aliphatic carbocycles. The van der Waals surface area contributed by atoms with Crippen molar-refractivity contribution >= 4 is 39.9 Å². The van der Waals surface area contributed by atoms with Crippen molar-refractivity contribution in [1.82, 2.24) is 14.5 Å². The second-order valence-electron chi connectivity index (χ2n) is 5.81. The minimum atomic E-state index is -3.61. The molecule has 1 aromatic carbocycles. The van der Waals surface area contributed by atoms with Gasteiger partial charge in [0.1, 0.15) is 4.90 Å². The first kappa shape index (κ1) is 19.5. The Kier molecular flexibility index (Phi) is 6.50. The Hall–Kier alpha value is -0.860. The van der Waals surface area contributed by atoms with Gasteiger partial charge in [0.2, 0.25) is 15.9 Å². The van der Waals surface area contributed by atoms with Crippen molar-refractivity contribution in [3.8, 4) is 0 Å². The largest absolute Gasteiger partial charge is 0.339 e. The average molecular weight is 394 g/mol. The lowest BCUT2D eigenvalue weighted by molar-refractivity contribution is -0.134. The van der Waals surface area contributed by atoms with Gasteiger partial charge >= 0.3 is 0 Å². The summed E-state index contributed by atoms with van der Waals surface area (Å²) in [4.78, 5) is 14.2. The van der Waals surface area contributed by atoms with Crippen molar-refractivity contribution in [3.63, 3.8) is 0 Å². The second-order valence-corrected chi connectivity index (χ2v) is 8.12. The summed E-state index contributed by atoms with van der Waals surface area (Å²) in [5, 5.41) is 3.41. The van der Waals surface area contributed by atoms with Crippen LogP contribution in [0.25, 0.3) is 0 Å². The van der Waals surface area contributed by atoms with Crippen molar-refractivity contribution < 1.29 is 13.2 Å². The predicted molar refractivity (Wildman–Crippen MR) is 95.1 cm³/mol. The summed E-state index contributed by atoms with van der Waals surface area (Å²) in [7, 11) is -3.61. The SMILES string of the molecule is Cl.O=C(C1CCCN1)N1CCN(S(=O)(=O)c2ccccc2Cl)CC1. The van der Waals surface area contributed by atoms with E-state index in [4.69, 9.17) is 11.6 Å². The molecule has 134 valence electrons. The van der Waals surface area contributed by atoms with Crippen molar-refractivity contribution in [1.29, 1.82) is 0 Å². The summed E-state index contributed by atoms with van der Waals surface area (Å²) in [5.74, 6) is 0.0808. The first-order valence-electron chi connectivity index (χ1n) is 7.77. The maximum absolute atomic E-state index is 12.7. The zero-order valence-corrected chi connectivity index (χ0v) is 15.5. The Morgan fingerprint density at radius 3 is 2.42 bits per heavy atom. The normalized spacial score (nSPS) is 22.2. The molecule has 0 bridgehead atoms. The molecule has 0 radical (unpaired) electrons. The second kappa shape index (κ2) is 8.01. The lowest BCUT2D eigenvalue weighted by atomic mass is 10.2. The number of hydrogen-bond donors (Lipinski definition) is 1. The van der Waals surface area contributed by atoms with Crippen LogP contribution in [0.4, 0.5) is 0 Å². The van der Waals surface area contributed by atoms with Crippen LogP contribution in [-0.2, 0) is 14.8 Å². The van der Waals surface area contributed by atoms with Crippen LogP contribution in [0.1, 0.15) is 12.8 Å². The Morgan fingerprint density at radius 1 is 1.17 bits per heavy atom. The average Bonchev–Trinajstić information content (AvgIpc) is 3.09. The molecule has 1 N–H and O–H groups in total. The molecule has 0 aromatic heterocycles. The standard InChI is InChI=1S/C15H20ClN3O3S.ClH/c16-12-4-1-2-6-14(12)23(21,22)19-10-8-18(9-11-19)15(20)13-5-3-7-17-13;/h1-2,4,6,13,17H,3,5,7-11H2;1H. The summed E-state index contributed by atoms with van der Waals surface area (Å²) in [5.41, 5.74) is 0. The van der Waals surface area contributed by atoms with Crippen LogP contribution in [0.5, 0.6) is 0 Å². The number of hydrogen-bond acceptors (Lipinski definition) is 4. The Labute approximate surface area is 153 Å². The number of carbonyl (C=O) groups excluding carboxylic acids is 1. The van der Waals surface area contributed by atoms with E-state index in [-0.39, 0.29) is 34.3 Å². The number of carbonyl (C=O) groups is 1. The molecule has 1 atom stereocenters. The van der Waals surface area contributed by atoms with E-state index >= 15 is 0 Å². The molecule has 1 amide bonds. The third-order valence-corrected chi connectivity index (χ3v) is 6.76. The molecule has 1 aromatic rings. The molecule has 2 fully saturated rings. The fourth-order valence-electron chi connectivity index (χ4n) is 3.06. The predicted octanol–water partition coefficient (Wildman–Crippen LogP) is 1.35. The Bertz CT molecular complexity index is 685. The highest BCUT2D eigenvalue weighted by Crippen LogP contribution is 2.25. The monoisotopic (exact) mass is 393 g/mol. The Balaban J connectivity index is 0.00000208. The highest BCUT2D eigenvalue weighted by Gasteiger charge is 2.33. The summed E-state index contributed by atoms with van der Waals surface area (Å²) in [6.07, 6.45) is 1.87. The van der Waals surface area contributed by atoms with E-state index in [0.717, 1.165) is 19.4 Å². The highest BCUT2D eigenvalue weighted by atomic mass is 35.5. The smallest absolute Gasteiger partial charge is 0.244 e. The Morgan fingerprint density at radius 2 is 1.83 bits per heavy atom. The third kappa shape index (κ3) is 3.86. The van der Waals surface area contributed by atoms with Gasteiger partial charge in [-0.05, 0) is 31.5 Å². The van der Waals surface area contributed by atoms with Crippen molar-refractivity contribution in [2.24, 2.45) is 0 Å². The van der Waals surface area contributed by atoms with Gasteiger partial charge in [0.25, 0.3) is 0 Å². The summed E-state index contributed by atoms with van der Waals surface area (Å²) < 4.78 is 26.7. The molecule has 2 saturated heterocycles. The zero-order valence-electron chi connectivity index (χ0n) is 13.2. The van der Waals surface area contributed by atoms with Crippen LogP contribution in [0.15, 0.2) is 29.2 Å². The highest BCUT2D eigenvalue weighted by molar-refractivity contribution is 7.89. The number of halogens is 2. The zero-order chi connectivity index (χ0) is 16.4. The topological polar surface area (TPSA) is 69.7 Å². The molecule has 24 heavy (non-hydrogen) atoms. The number of piperazine rings is 1. The molecule has 0 saturated carbocycles. The van der Waals surface area contributed by atoms with Crippen LogP contribution in [0.2, 0.25) is 5.02 Å². The minimum absolute atomic E-state index is 0. The number of nitrogens with one attached hydrogen (secondary N) is 1. The lowest BCUT2D eigenvalue weighted by Crippen LogP contribution is -2.54.